The van der Waals surface area contributed by atoms with Gasteiger partial charge in [-0.2, -0.15) is 0 Å². The summed E-state index contributed by atoms with van der Waals surface area (Å²) in [4.78, 5) is 34.7. The number of nitrogens with zero attached hydrogens (tertiary/aromatic N) is 2. The molecule has 5 rings (SSSR count). The highest BCUT2D eigenvalue weighted by Gasteiger charge is 2.56. The molecule has 0 unspecified atom stereocenters. The normalized spacial score (nSPS) is 21.4. The Labute approximate surface area is 218 Å². The quantitative estimate of drug-likeness (QED) is 0.467. The third kappa shape index (κ3) is 4.14. The van der Waals surface area contributed by atoms with Crippen molar-refractivity contribution in [3.05, 3.63) is 59.3 Å². The molecule has 2 amide bonds. The van der Waals surface area contributed by atoms with Crippen LogP contribution >= 0.6 is 0 Å². The smallest absolute Gasteiger partial charge is 0.254 e. The van der Waals surface area contributed by atoms with E-state index in [1.165, 1.54) is 0 Å². The first-order valence-corrected chi connectivity index (χ1v) is 13.3. The lowest BCUT2D eigenvalue weighted by Crippen LogP contribution is -2.67. The number of rotatable bonds is 8. The minimum Gasteiger partial charge on any atom is -0.493 e. The number of para-hydroxylation sites is 1. The molecule has 7 nitrogen and oxygen atoms in total. The van der Waals surface area contributed by atoms with E-state index in [1.54, 1.807) is 16.9 Å². The van der Waals surface area contributed by atoms with Crippen molar-refractivity contribution in [1.29, 1.82) is 0 Å². The standard InChI is InChI=1S/C30H37N3O4/c1-6-15-37-24-12-11-20(16-25(24)36-5)22-17-33-26(34)18-32(14-13-19(2)3)29(35)30(33,4)28-27(22)21-9-7-8-10-23(21)31-28/h7-12,16,19,22,31H,6,13-15,17-18H2,1-5H3/t22-,30-/m0/s1. The van der Waals surface area contributed by atoms with E-state index in [2.05, 4.69) is 37.9 Å². The van der Waals surface area contributed by atoms with Gasteiger partial charge in [0.25, 0.3) is 5.91 Å². The second kappa shape index (κ2) is 9.77. The number of nitrogens with one attached hydrogen (secondary N) is 1. The average molecular weight is 504 g/mol. The topological polar surface area (TPSA) is 74.9 Å². The van der Waals surface area contributed by atoms with Crippen LogP contribution in [0.4, 0.5) is 0 Å². The van der Waals surface area contributed by atoms with Crippen LogP contribution in [-0.2, 0) is 15.1 Å². The number of amides is 2. The zero-order valence-electron chi connectivity index (χ0n) is 22.5. The number of hydrogen-bond donors (Lipinski definition) is 1. The Morgan fingerprint density at radius 2 is 1.92 bits per heavy atom. The van der Waals surface area contributed by atoms with Crippen molar-refractivity contribution in [2.24, 2.45) is 5.92 Å². The summed E-state index contributed by atoms with van der Waals surface area (Å²) in [7, 11) is 1.64. The minimum atomic E-state index is -1.08. The van der Waals surface area contributed by atoms with E-state index in [-0.39, 0.29) is 24.3 Å². The van der Waals surface area contributed by atoms with Crippen LogP contribution in [0.15, 0.2) is 42.5 Å². The first kappa shape index (κ1) is 25.2. The lowest BCUT2D eigenvalue weighted by Gasteiger charge is -2.51. The number of aromatic nitrogens is 1. The lowest BCUT2D eigenvalue weighted by molar-refractivity contribution is -0.166. The predicted octanol–water partition coefficient (Wildman–Crippen LogP) is 5.04. The SMILES string of the molecule is CCCOc1ccc([C@@H]2CN3C(=O)CN(CCC(C)C)C(=O)[C@]3(C)c3[nH]c4ccccc4c32)cc1OC. The Hall–Kier alpha value is -3.48. The van der Waals surface area contributed by atoms with Gasteiger partial charge in [0, 0.05) is 29.9 Å². The van der Waals surface area contributed by atoms with Gasteiger partial charge in [0.1, 0.15) is 0 Å². The largest absolute Gasteiger partial charge is 0.493 e. The fourth-order valence-corrected chi connectivity index (χ4v) is 5.80. The van der Waals surface area contributed by atoms with E-state index < -0.39 is 5.54 Å². The van der Waals surface area contributed by atoms with Crippen molar-refractivity contribution in [3.8, 4) is 11.5 Å². The molecule has 1 saturated heterocycles. The first-order chi connectivity index (χ1) is 17.8. The van der Waals surface area contributed by atoms with Gasteiger partial charge in [-0.05, 0) is 55.0 Å². The van der Waals surface area contributed by atoms with Crippen molar-refractivity contribution in [3.63, 3.8) is 0 Å². The number of carbonyl (C=O) groups excluding carboxylic acids is 2. The summed E-state index contributed by atoms with van der Waals surface area (Å²) < 4.78 is 11.6. The van der Waals surface area contributed by atoms with Crippen LogP contribution in [0.3, 0.4) is 0 Å². The van der Waals surface area contributed by atoms with Crippen LogP contribution in [-0.4, -0.2) is 59.9 Å². The second-order valence-electron chi connectivity index (χ2n) is 10.8. The number of hydrogen-bond acceptors (Lipinski definition) is 4. The zero-order chi connectivity index (χ0) is 26.3. The van der Waals surface area contributed by atoms with Crippen molar-refractivity contribution in [1.82, 2.24) is 14.8 Å². The molecule has 37 heavy (non-hydrogen) atoms. The summed E-state index contributed by atoms with van der Waals surface area (Å²) in [6, 6.07) is 14.2. The number of fused-ring (bicyclic) bond motifs is 5. The first-order valence-electron chi connectivity index (χ1n) is 13.3. The summed E-state index contributed by atoms with van der Waals surface area (Å²) in [5.41, 5.74) is 2.80. The summed E-state index contributed by atoms with van der Waals surface area (Å²) in [5, 5.41) is 1.08. The van der Waals surface area contributed by atoms with Gasteiger partial charge in [0.2, 0.25) is 5.91 Å². The number of H-pyrrole nitrogens is 1. The highest BCUT2D eigenvalue weighted by atomic mass is 16.5. The molecule has 0 spiro atoms. The Morgan fingerprint density at radius 1 is 1.14 bits per heavy atom. The van der Waals surface area contributed by atoms with Crippen LogP contribution in [0, 0.1) is 5.92 Å². The summed E-state index contributed by atoms with van der Waals surface area (Å²) in [6.07, 6.45) is 1.77. The van der Waals surface area contributed by atoms with E-state index >= 15 is 0 Å². The van der Waals surface area contributed by atoms with Gasteiger partial charge in [-0.3, -0.25) is 9.59 Å². The van der Waals surface area contributed by atoms with Crippen LogP contribution in [0.2, 0.25) is 0 Å². The molecule has 7 heteroatoms. The molecule has 0 saturated carbocycles. The average Bonchev–Trinajstić information content (AvgIpc) is 3.29. The van der Waals surface area contributed by atoms with Crippen molar-refractivity contribution >= 4 is 22.7 Å². The maximum atomic E-state index is 14.0. The van der Waals surface area contributed by atoms with Crippen molar-refractivity contribution in [2.75, 3.05) is 33.4 Å². The van der Waals surface area contributed by atoms with Crippen LogP contribution in [0.1, 0.15) is 63.3 Å². The molecule has 3 heterocycles. The van der Waals surface area contributed by atoms with Gasteiger partial charge >= 0.3 is 0 Å². The summed E-state index contributed by atoms with van der Waals surface area (Å²) in [5.74, 6) is 1.68. The lowest BCUT2D eigenvalue weighted by atomic mass is 9.76. The molecule has 0 aliphatic carbocycles. The third-order valence-corrected chi connectivity index (χ3v) is 7.85. The number of aromatic amines is 1. The highest BCUT2D eigenvalue weighted by Crippen LogP contribution is 2.49. The molecule has 1 fully saturated rings. The minimum absolute atomic E-state index is 0.0140. The number of methoxy groups -OCH3 is 1. The van der Waals surface area contributed by atoms with Crippen LogP contribution in [0.5, 0.6) is 11.5 Å². The Kier molecular flexibility index (Phi) is 6.65. The zero-order valence-corrected chi connectivity index (χ0v) is 22.5. The fourth-order valence-electron chi connectivity index (χ4n) is 5.80. The molecule has 3 aromatic rings. The summed E-state index contributed by atoms with van der Waals surface area (Å²) in [6.45, 7) is 9.99. The van der Waals surface area contributed by atoms with E-state index in [9.17, 15) is 9.59 Å². The second-order valence-corrected chi connectivity index (χ2v) is 10.8. The molecule has 2 aliphatic heterocycles. The van der Waals surface area contributed by atoms with Gasteiger partial charge in [0.05, 0.1) is 26.0 Å². The van der Waals surface area contributed by atoms with Gasteiger partial charge in [-0.15, -0.1) is 0 Å². The maximum absolute atomic E-state index is 14.0. The monoisotopic (exact) mass is 503 g/mol. The molecule has 2 aromatic carbocycles. The van der Waals surface area contributed by atoms with Gasteiger partial charge in [-0.25, -0.2) is 0 Å². The predicted molar refractivity (Wildman–Crippen MR) is 144 cm³/mol. The highest BCUT2D eigenvalue weighted by molar-refractivity contribution is 6.01. The Morgan fingerprint density at radius 3 is 2.65 bits per heavy atom. The van der Waals surface area contributed by atoms with Crippen LogP contribution < -0.4 is 9.47 Å². The van der Waals surface area contributed by atoms with Gasteiger partial charge < -0.3 is 24.3 Å². The molecular formula is C30H37N3O4. The molecule has 196 valence electrons. The molecular weight excluding hydrogens is 466 g/mol. The van der Waals surface area contributed by atoms with E-state index in [0.717, 1.165) is 40.6 Å². The Balaban J connectivity index is 1.64. The number of carbonyl (C=O) groups is 2. The van der Waals surface area contributed by atoms with Crippen LogP contribution in [0.25, 0.3) is 10.9 Å². The molecule has 0 bridgehead atoms. The maximum Gasteiger partial charge on any atom is 0.254 e. The van der Waals surface area contributed by atoms with Gasteiger partial charge in [0.15, 0.2) is 17.0 Å². The number of piperazine rings is 1. The molecule has 2 aliphatic rings. The molecule has 1 aromatic heterocycles. The fraction of sp³-hybridized carbons (Fsp3) is 0.467. The summed E-state index contributed by atoms with van der Waals surface area (Å²) >= 11 is 0. The van der Waals surface area contributed by atoms with E-state index in [4.69, 9.17) is 9.47 Å². The number of benzene rings is 2. The Bertz CT molecular complexity index is 1330. The molecule has 2 atom stereocenters. The van der Waals surface area contributed by atoms with E-state index in [0.29, 0.717) is 37.1 Å². The van der Waals surface area contributed by atoms with E-state index in [1.807, 2.05) is 37.3 Å². The number of ether oxygens (including phenoxy) is 2. The van der Waals surface area contributed by atoms with Crippen molar-refractivity contribution in [2.45, 2.75) is 52.0 Å². The van der Waals surface area contributed by atoms with Gasteiger partial charge in [-0.1, -0.05) is 45.0 Å². The molecule has 0 radical (unpaired) electrons. The molecule has 1 N–H and O–H groups in total. The third-order valence-electron chi connectivity index (χ3n) is 7.85. The van der Waals surface area contributed by atoms with Crippen molar-refractivity contribution < 1.29 is 19.1 Å².